The van der Waals surface area contributed by atoms with Crippen LogP contribution in [0.1, 0.15) is 37.7 Å². The van der Waals surface area contributed by atoms with Gasteiger partial charge in [0, 0.05) is 10.6 Å². The van der Waals surface area contributed by atoms with Crippen LogP contribution in [0.25, 0.3) is 0 Å². The molecule has 4 nitrogen and oxygen atoms in total. The molecule has 0 saturated heterocycles. The van der Waals surface area contributed by atoms with Crippen molar-refractivity contribution in [3.05, 3.63) is 29.8 Å². The molecule has 0 aliphatic carbocycles. The number of hydrogen-bond donors (Lipinski definition) is 2. The van der Waals surface area contributed by atoms with Gasteiger partial charge in [-0.2, -0.15) is 0 Å². The minimum absolute atomic E-state index is 0.175. The van der Waals surface area contributed by atoms with Gasteiger partial charge in [0.1, 0.15) is 6.04 Å². The van der Waals surface area contributed by atoms with Gasteiger partial charge in [-0.05, 0) is 18.1 Å². The zero-order chi connectivity index (χ0) is 14.5. The molecule has 0 spiro atoms. The Morgan fingerprint density at radius 3 is 2.90 bits per heavy atom. The van der Waals surface area contributed by atoms with E-state index in [2.05, 4.69) is 5.32 Å². The van der Waals surface area contributed by atoms with Crippen LogP contribution in [0.5, 0.6) is 0 Å². The van der Waals surface area contributed by atoms with E-state index in [1.165, 1.54) is 0 Å². The Morgan fingerprint density at radius 1 is 1.45 bits per heavy atom. The number of carboxylic acid groups (broad SMARTS) is 1. The predicted molar refractivity (Wildman–Crippen MR) is 79.0 cm³/mol. The van der Waals surface area contributed by atoms with Crippen LogP contribution >= 0.6 is 11.8 Å². The monoisotopic (exact) mass is 293 g/mol. The first-order chi connectivity index (χ1) is 9.63. The van der Waals surface area contributed by atoms with Crippen LogP contribution in [0.15, 0.2) is 29.2 Å². The molecule has 0 fully saturated rings. The molecule has 0 bridgehead atoms. The van der Waals surface area contributed by atoms with E-state index >= 15 is 0 Å². The van der Waals surface area contributed by atoms with Crippen LogP contribution in [0.2, 0.25) is 0 Å². The molecule has 108 valence electrons. The molecule has 1 aliphatic heterocycles. The van der Waals surface area contributed by atoms with Crippen LogP contribution in [0, 0.1) is 0 Å². The molecular formula is C15H19NO3S. The van der Waals surface area contributed by atoms with E-state index < -0.39 is 12.0 Å². The van der Waals surface area contributed by atoms with Crippen LogP contribution < -0.4 is 5.32 Å². The third kappa shape index (κ3) is 3.33. The molecule has 1 aliphatic rings. The molecule has 2 N–H and O–H groups in total. The molecule has 0 radical (unpaired) electrons. The molecule has 20 heavy (non-hydrogen) atoms. The third-order valence-electron chi connectivity index (χ3n) is 3.48. The van der Waals surface area contributed by atoms with Gasteiger partial charge in [0.15, 0.2) is 0 Å². The first kappa shape index (κ1) is 14.9. The van der Waals surface area contributed by atoms with Gasteiger partial charge in [-0.3, -0.25) is 4.79 Å². The second-order valence-corrected chi connectivity index (χ2v) is 6.00. The number of carbonyl (C=O) groups is 2. The Kier molecular flexibility index (Phi) is 5.06. The Balaban J connectivity index is 2.03. The summed E-state index contributed by atoms with van der Waals surface area (Å²) in [5.41, 5.74) is 1.01. The number of aliphatic carboxylic acids is 1. The van der Waals surface area contributed by atoms with Crippen LogP contribution in [0.4, 0.5) is 0 Å². The lowest BCUT2D eigenvalue weighted by atomic mass is 9.99. The van der Waals surface area contributed by atoms with Crippen LogP contribution in [-0.4, -0.2) is 28.8 Å². The molecule has 0 aromatic heterocycles. The van der Waals surface area contributed by atoms with Gasteiger partial charge in [0.25, 0.3) is 0 Å². The van der Waals surface area contributed by atoms with E-state index in [-0.39, 0.29) is 11.8 Å². The average Bonchev–Trinajstić information content (AvgIpc) is 2.87. The molecule has 1 amide bonds. The van der Waals surface area contributed by atoms with Crippen LogP contribution in [-0.2, 0) is 9.59 Å². The molecule has 1 aromatic carbocycles. The van der Waals surface area contributed by atoms with Crippen molar-refractivity contribution >= 4 is 23.6 Å². The number of amides is 1. The second-order valence-electron chi connectivity index (χ2n) is 4.94. The van der Waals surface area contributed by atoms with Crippen molar-refractivity contribution in [3.8, 4) is 0 Å². The number of unbranched alkanes of at least 4 members (excludes halogenated alkanes) is 1. The van der Waals surface area contributed by atoms with E-state index in [1.54, 1.807) is 11.8 Å². The van der Waals surface area contributed by atoms with Gasteiger partial charge < -0.3 is 10.4 Å². The highest BCUT2D eigenvalue weighted by Crippen LogP contribution is 2.39. The van der Waals surface area contributed by atoms with Crippen molar-refractivity contribution in [3.63, 3.8) is 0 Å². The second kappa shape index (κ2) is 6.79. The Bertz CT molecular complexity index is 504. The lowest BCUT2D eigenvalue weighted by Crippen LogP contribution is -2.43. The standard InChI is InChI=1S/C15H19NO3S/c1-2-3-7-12(15(18)19)16-14(17)11-9-20-13-8-5-4-6-10(11)13/h4-6,8,11-12H,2-3,7,9H2,1H3,(H,16,17)(H,18,19)/t11?,12-/m0/s1. The fraction of sp³-hybridized carbons (Fsp3) is 0.467. The first-order valence-electron chi connectivity index (χ1n) is 6.88. The summed E-state index contributed by atoms with van der Waals surface area (Å²) in [6.45, 7) is 2.00. The van der Waals surface area contributed by atoms with Crippen molar-refractivity contribution in [2.24, 2.45) is 0 Å². The first-order valence-corrected chi connectivity index (χ1v) is 7.87. The summed E-state index contributed by atoms with van der Waals surface area (Å²) in [7, 11) is 0. The van der Waals surface area contributed by atoms with Crippen molar-refractivity contribution in [2.75, 3.05) is 5.75 Å². The molecule has 1 unspecified atom stereocenters. The van der Waals surface area contributed by atoms with E-state index in [0.717, 1.165) is 23.3 Å². The number of hydrogen-bond acceptors (Lipinski definition) is 3. The largest absolute Gasteiger partial charge is 0.480 e. The maximum atomic E-state index is 12.3. The topological polar surface area (TPSA) is 66.4 Å². The predicted octanol–water partition coefficient (Wildman–Crippen LogP) is 2.64. The zero-order valence-corrected chi connectivity index (χ0v) is 12.3. The highest BCUT2D eigenvalue weighted by atomic mass is 32.2. The van der Waals surface area contributed by atoms with Gasteiger partial charge in [-0.25, -0.2) is 4.79 Å². The fourth-order valence-electron chi connectivity index (χ4n) is 2.32. The number of fused-ring (bicyclic) bond motifs is 1. The quantitative estimate of drug-likeness (QED) is 0.846. The van der Waals surface area contributed by atoms with Gasteiger partial charge in [-0.1, -0.05) is 38.0 Å². The number of rotatable bonds is 6. The lowest BCUT2D eigenvalue weighted by Gasteiger charge is -2.17. The third-order valence-corrected chi connectivity index (χ3v) is 4.66. The fourth-order valence-corrected chi connectivity index (χ4v) is 3.55. The van der Waals surface area contributed by atoms with E-state index in [0.29, 0.717) is 12.2 Å². The minimum Gasteiger partial charge on any atom is -0.480 e. The summed E-state index contributed by atoms with van der Waals surface area (Å²) >= 11 is 1.65. The van der Waals surface area contributed by atoms with Crippen molar-refractivity contribution < 1.29 is 14.7 Å². The molecule has 5 heteroatoms. The van der Waals surface area contributed by atoms with Crippen LogP contribution in [0.3, 0.4) is 0 Å². The number of thioether (sulfide) groups is 1. The number of carboxylic acids is 1. The number of carbonyl (C=O) groups excluding carboxylic acids is 1. The van der Waals surface area contributed by atoms with E-state index in [4.69, 9.17) is 5.11 Å². The summed E-state index contributed by atoms with van der Waals surface area (Å²) in [4.78, 5) is 24.6. The highest BCUT2D eigenvalue weighted by Gasteiger charge is 2.31. The normalized spacial score (nSPS) is 18.4. The summed E-state index contributed by atoms with van der Waals surface area (Å²) in [5, 5.41) is 11.8. The molecule has 2 atom stereocenters. The van der Waals surface area contributed by atoms with Crippen molar-refractivity contribution in [1.29, 1.82) is 0 Å². The van der Waals surface area contributed by atoms with Gasteiger partial charge >= 0.3 is 5.97 Å². The summed E-state index contributed by atoms with van der Waals surface area (Å²) in [5.74, 6) is -0.679. The molecule has 2 rings (SSSR count). The summed E-state index contributed by atoms with van der Waals surface area (Å²) < 4.78 is 0. The average molecular weight is 293 g/mol. The van der Waals surface area contributed by atoms with Crippen molar-refractivity contribution in [1.82, 2.24) is 5.32 Å². The molecule has 1 aromatic rings. The molecule has 1 heterocycles. The molecular weight excluding hydrogens is 274 g/mol. The number of nitrogens with one attached hydrogen (secondary N) is 1. The Morgan fingerprint density at radius 2 is 2.20 bits per heavy atom. The van der Waals surface area contributed by atoms with Crippen molar-refractivity contribution in [2.45, 2.75) is 43.0 Å². The SMILES string of the molecule is CCCC[C@H](NC(=O)C1CSc2ccccc21)C(=O)O. The Labute approximate surface area is 123 Å². The maximum Gasteiger partial charge on any atom is 0.326 e. The smallest absolute Gasteiger partial charge is 0.326 e. The lowest BCUT2D eigenvalue weighted by molar-refractivity contribution is -0.142. The van der Waals surface area contributed by atoms with E-state index in [9.17, 15) is 9.59 Å². The summed E-state index contributed by atoms with van der Waals surface area (Å²) in [6.07, 6.45) is 2.20. The van der Waals surface area contributed by atoms with Gasteiger partial charge in [0.2, 0.25) is 5.91 Å². The van der Waals surface area contributed by atoms with Gasteiger partial charge in [0.05, 0.1) is 5.92 Å². The highest BCUT2D eigenvalue weighted by molar-refractivity contribution is 7.99. The van der Waals surface area contributed by atoms with E-state index in [1.807, 2.05) is 31.2 Å². The number of benzene rings is 1. The Hall–Kier alpha value is -1.49. The minimum atomic E-state index is -0.953. The van der Waals surface area contributed by atoms with Gasteiger partial charge in [-0.15, -0.1) is 11.8 Å². The molecule has 0 saturated carbocycles. The zero-order valence-electron chi connectivity index (χ0n) is 11.5. The maximum absolute atomic E-state index is 12.3. The summed E-state index contributed by atoms with van der Waals surface area (Å²) in [6, 6.07) is 7.03.